The number of carbonyl (C=O) groups is 2. The second kappa shape index (κ2) is 6.18. The molecule has 5 heteroatoms. The number of aliphatic carboxylic acids is 1. The Bertz CT molecular complexity index is 514. The van der Waals surface area contributed by atoms with Crippen LogP contribution in [-0.2, 0) is 9.59 Å². The lowest BCUT2D eigenvalue weighted by atomic mass is 9.78. The van der Waals surface area contributed by atoms with E-state index in [1.54, 1.807) is 11.3 Å². The van der Waals surface area contributed by atoms with E-state index in [0.29, 0.717) is 6.42 Å². The number of carboxylic acid groups (broad SMARTS) is 1. The van der Waals surface area contributed by atoms with Crippen molar-refractivity contribution in [1.82, 2.24) is 4.90 Å². The van der Waals surface area contributed by atoms with Crippen LogP contribution in [0.25, 0.3) is 0 Å². The molecule has 1 amide bonds. The average molecular weight is 307 g/mol. The van der Waals surface area contributed by atoms with Gasteiger partial charge in [-0.05, 0) is 37.1 Å². The van der Waals surface area contributed by atoms with Crippen molar-refractivity contribution in [3.8, 4) is 0 Å². The third-order valence-electron chi connectivity index (χ3n) is 4.81. The van der Waals surface area contributed by atoms with Gasteiger partial charge >= 0.3 is 5.97 Å². The van der Waals surface area contributed by atoms with Crippen molar-refractivity contribution in [2.75, 3.05) is 6.54 Å². The first-order chi connectivity index (χ1) is 10.2. The first-order valence-corrected chi connectivity index (χ1v) is 8.63. The molecular formula is C16H21NO3S. The fourth-order valence-corrected chi connectivity index (χ4v) is 4.62. The van der Waals surface area contributed by atoms with E-state index in [4.69, 9.17) is 0 Å². The molecular weight excluding hydrogens is 286 g/mol. The van der Waals surface area contributed by atoms with Crippen LogP contribution in [0, 0.1) is 11.8 Å². The summed E-state index contributed by atoms with van der Waals surface area (Å²) in [5, 5.41) is 11.4. The van der Waals surface area contributed by atoms with Crippen LogP contribution in [-0.4, -0.2) is 28.4 Å². The van der Waals surface area contributed by atoms with Gasteiger partial charge in [-0.2, -0.15) is 0 Å². The van der Waals surface area contributed by atoms with Gasteiger partial charge in [0.25, 0.3) is 0 Å². The molecule has 2 aliphatic rings. The summed E-state index contributed by atoms with van der Waals surface area (Å²) in [5.74, 6) is -1.55. The Morgan fingerprint density at radius 3 is 2.57 bits per heavy atom. The molecule has 0 bridgehead atoms. The maximum absolute atomic E-state index is 12.9. The average Bonchev–Trinajstić information content (AvgIpc) is 3.16. The summed E-state index contributed by atoms with van der Waals surface area (Å²) in [6, 6.07) is 4.26. The summed E-state index contributed by atoms with van der Waals surface area (Å²) in [7, 11) is 0. The number of thiophene rings is 1. The Labute approximate surface area is 128 Å². The highest BCUT2D eigenvalue weighted by Crippen LogP contribution is 2.39. The number of carboxylic acids is 1. The van der Waals surface area contributed by atoms with E-state index in [-0.39, 0.29) is 17.9 Å². The minimum atomic E-state index is -0.806. The predicted octanol–water partition coefficient (Wildman–Crippen LogP) is 3.30. The molecule has 3 rings (SSSR count). The third kappa shape index (κ3) is 2.84. The van der Waals surface area contributed by atoms with Crippen LogP contribution in [0.5, 0.6) is 0 Å². The summed E-state index contributed by atoms with van der Waals surface area (Å²) < 4.78 is 0. The fourth-order valence-electron chi connectivity index (χ4n) is 3.74. The maximum atomic E-state index is 12.9. The zero-order valence-corrected chi connectivity index (χ0v) is 12.8. The number of amides is 1. The molecule has 1 aliphatic carbocycles. The fraction of sp³-hybridized carbons (Fsp3) is 0.625. The van der Waals surface area contributed by atoms with Crippen LogP contribution in [0.15, 0.2) is 17.5 Å². The Morgan fingerprint density at radius 2 is 1.90 bits per heavy atom. The van der Waals surface area contributed by atoms with Crippen LogP contribution in [0.1, 0.15) is 49.4 Å². The molecule has 2 heterocycles. The standard InChI is InChI=1S/C16H21NO3S/c18-15(11-5-1-2-6-12(11)16(19)20)17-9-3-7-13(17)14-8-4-10-21-14/h4,8,10-13H,1-3,5-7,9H2,(H,19,20)/t11-,12+,13?/m1/s1. The summed E-state index contributed by atoms with van der Waals surface area (Å²) in [4.78, 5) is 27.5. The molecule has 114 valence electrons. The van der Waals surface area contributed by atoms with Gasteiger partial charge < -0.3 is 10.0 Å². The number of hydrogen-bond donors (Lipinski definition) is 1. The van der Waals surface area contributed by atoms with E-state index in [0.717, 1.165) is 38.6 Å². The monoisotopic (exact) mass is 307 g/mol. The molecule has 1 unspecified atom stereocenters. The van der Waals surface area contributed by atoms with Crippen molar-refractivity contribution in [2.45, 2.75) is 44.6 Å². The molecule has 1 aromatic heterocycles. The lowest BCUT2D eigenvalue weighted by molar-refractivity contribution is -0.152. The highest BCUT2D eigenvalue weighted by Gasteiger charge is 2.41. The highest BCUT2D eigenvalue weighted by atomic mass is 32.1. The Balaban J connectivity index is 1.78. The largest absolute Gasteiger partial charge is 0.481 e. The molecule has 2 fully saturated rings. The summed E-state index contributed by atoms with van der Waals surface area (Å²) in [6.07, 6.45) is 5.27. The van der Waals surface area contributed by atoms with Crippen molar-refractivity contribution in [3.05, 3.63) is 22.4 Å². The van der Waals surface area contributed by atoms with Crippen molar-refractivity contribution >= 4 is 23.2 Å². The molecule has 1 saturated heterocycles. The highest BCUT2D eigenvalue weighted by molar-refractivity contribution is 7.10. The van der Waals surface area contributed by atoms with E-state index in [9.17, 15) is 14.7 Å². The second-order valence-electron chi connectivity index (χ2n) is 6.04. The number of nitrogens with zero attached hydrogens (tertiary/aromatic N) is 1. The quantitative estimate of drug-likeness (QED) is 0.932. The molecule has 1 saturated carbocycles. The van der Waals surface area contributed by atoms with Crippen LogP contribution < -0.4 is 0 Å². The number of rotatable bonds is 3. The lowest BCUT2D eigenvalue weighted by Gasteiger charge is -2.33. The summed E-state index contributed by atoms with van der Waals surface area (Å²) in [6.45, 7) is 0.768. The normalized spacial score (nSPS) is 29.5. The number of carbonyl (C=O) groups excluding carboxylic acids is 1. The van der Waals surface area contributed by atoms with Crippen molar-refractivity contribution in [1.29, 1.82) is 0 Å². The molecule has 1 N–H and O–H groups in total. The maximum Gasteiger partial charge on any atom is 0.307 e. The molecule has 0 radical (unpaired) electrons. The molecule has 1 aromatic rings. The zero-order valence-electron chi connectivity index (χ0n) is 12.0. The Hall–Kier alpha value is -1.36. The molecule has 0 aromatic carbocycles. The molecule has 4 nitrogen and oxygen atoms in total. The van der Waals surface area contributed by atoms with Gasteiger partial charge in [0.2, 0.25) is 5.91 Å². The lowest BCUT2D eigenvalue weighted by Crippen LogP contribution is -2.42. The predicted molar refractivity (Wildman–Crippen MR) is 81.1 cm³/mol. The van der Waals surface area contributed by atoms with Crippen LogP contribution >= 0.6 is 11.3 Å². The number of likely N-dealkylation sites (tertiary alicyclic amines) is 1. The minimum Gasteiger partial charge on any atom is -0.481 e. The topological polar surface area (TPSA) is 57.6 Å². The molecule has 1 aliphatic heterocycles. The zero-order chi connectivity index (χ0) is 14.8. The van der Waals surface area contributed by atoms with Gasteiger partial charge in [0.05, 0.1) is 17.9 Å². The summed E-state index contributed by atoms with van der Waals surface area (Å²) in [5.41, 5.74) is 0. The van der Waals surface area contributed by atoms with E-state index in [1.807, 2.05) is 16.3 Å². The van der Waals surface area contributed by atoms with Gasteiger partial charge in [0.1, 0.15) is 0 Å². The summed E-state index contributed by atoms with van der Waals surface area (Å²) >= 11 is 1.68. The van der Waals surface area contributed by atoms with Gasteiger partial charge in [-0.1, -0.05) is 18.9 Å². The number of hydrogen-bond acceptors (Lipinski definition) is 3. The van der Waals surface area contributed by atoms with E-state index in [2.05, 4.69) is 6.07 Å². The van der Waals surface area contributed by atoms with Gasteiger partial charge in [-0.25, -0.2) is 0 Å². The van der Waals surface area contributed by atoms with Gasteiger partial charge in [-0.15, -0.1) is 11.3 Å². The van der Waals surface area contributed by atoms with E-state index in [1.165, 1.54) is 4.88 Å². The van der Waals surface area contributed by atoms with Crippen molar-refractivity contribution in [3.63, 3.8) is 0 Å². The minimum absolute atomic E-state index is 0.0676. The Kier molecular flexibility index (Phi) is 4.29. The smallest absolute Gasteiger partial charge is 0.307 e. The first kappa shape index (κ1) is 14.6. The first-order valence-electron chi connectivity index (χ1n) is 7.75. The molecule has 21 heavy (non-hydrogen) atoms. The van der Waals surface area contributed by atoms with Crippen molar-refractivity contribution < 1.29 is 14.7 Å². The van der Waals surface area contributed by atoms with E-state index >= 15 is 0 Å². The Morgan fingerprint density at radius 1 is 1.14 bits per heavy atom. The second-order valence-corrected chi connectivity index (χ2v) is 7.02. The van der Waals surface area contributed by atoms with Crippen molar-refractivity contribution in [2.24, 2.45) is 11.8 Å². The van der Waals surface area contributed by atoms with Crippen LogP contribution in [0.4, 0.5) is 0 Å². The van der Waals surface area contributed by atoms with Gasteiger partial charge in [-0.3, -0.25) is 9.59 Å². The van der Waals surface area contributed by atoms with Gasteiger partial charge in [0, 0.05) is 11.4 Å². The third-order valence-corrected chi connectivity index (χ3v) is 5.78. The van der Waals surface area contributed by atoms with Crippen LogP contribution in [0.3, 0.4) is 0 Å². The van der Waals surface area contributed by atoms with Gasteiger partial charge in [0.15, 0.2) is 0 Å². The van der Waals surface area contributed by atoms with Crippen LogP contribution in [0.2, 0.25) is 0 Å². The van der Waals surface area contributed by atoms with E-state index < -0.39 is 11.9 Å². The molecule has 3 atom stereocenters. The SMILES string of the molecule is O=C(O)[C@H]1CCCC[C@H]1C(=O)N1CCCC1c1cccs1. The molecule has 0 spiro atoms.